The van der Waals surface area contributed by atoms with Crippen molar-refractivity contribution in [1.29, 1.82) is 0 Å². The first-order valence-electron chi connectivity index (χ1n) is 9.23. The molecule has 0 saturated carbocycles. The second-order valence-electron chi connectivity index (χ2n) is 7.10. The van der Waals surface area contributed by atoms with E-state index in [1.54, 1.807) is 0 Å². The first kappa shape index (κ1) is 17.3. The highest BCUT2D eigenvalue weighted by molar-refractivity contribution is 5.95. The highest BCUT2D eigenvalue weighted by Gasteiger charge is 2.19. The standard InChI is InChI=1S/C23H24N4/c1-15-17(3)27(14-19-9-11-25-12-10-19)23-21(15)22(24)20(16(2)26-23)13-18-7-5-4-6-8-18/h4-12H,13-14H2,1-3H3,(H2,24,26). The average Bonchev–Trinajstić information content (AvgIpc) is 2.91. The minimum Gasteiger partial charge on any atom is -0.398 e. The molecular formula is C23H24N4. The molecule has 0 atom stereocenters. The van der Waals surface area contributed by atoms with Crippen molar-refractivity contribution in [2.75, 3.05) is 5.73 Å². The molecule has 0 unspecified atom stereocenters. The first-order valence-corrected chi connectivity index (χ1v) is 9.23. The zero-order valence-corrected chi connectivity index (χ0v) is 16.0. The summed E-state index contributed by atoms with van der Waals surface area (Å²) < 4.78 is 2.26. The lowest BCUT2D eigenvalue weighted by Crippen LogP contribution is -2.06. The number of pyridine rings is 2. The van der Waals surface area contributed by atoms with Crippen LogP contribution in [-0.4, -0.2) is 14.5 Å². The zero-order valence-electron chi connectivity index (χ0n) is 16.0. The van der Waals surface area contributed by atoms with Crippen molar-refractivity contribution in [3.05, 3.63) is 88.5 Å². The molecule has 0 aliphatic rings. The van der Waals surface area contributed by atoms with Gasteiger partial charge in [0.05, 0.1) is 0 Å². The Hall–Kier alpha value is -3.14. The van der Waals surface area contributed by atoms with Crippen LogP contribution in [0.1, 0.15) is 33.6 Å². The van der Waals surface area contributed by atoms with Gasteiger partial charge in [0.15, 0.2) is 0 Å². The van der Waals surface area contributed by atoms with E-state index in [2.05, 4.69) is 54.6 Å². The van der Waals surface area contributed by atoms with Crippen LogP contribution >= 0.6 is 0 Å². The van der Waals surface area contributed by atoms with Gasteiger partial charge < -0.3 is 10.3 Å². The van der Waals surface area contributed by atoms with Gasteiger partial charge in [-0.3, -0.25) is 4.98 Å². The SMILES string of the molecule is Cc1nc2c(c(C)c(C)n2Cc2ccncc2)c(N)c1Cc1ccccc1. The number of nitrogens with zero attached hydrogens (tertiary/aromatic N) is 3. The van der Waals surface area contributed by atoms with Crippen molar-refractivity contribution in [2.24, 2.45) is 0 Å². The van der Waals surface area contributed by atoms with E-state index in [4.69, 9.17) is 10.7 Å². The number of hydrogen-bond acceptors (Lipinski definition) is 3. The molecule has 4 aromatic rings. The number of anilines is 1. The third kappa shape index (κ3) is 3.08. The Balaban J connectivity index is 1.85. The number of nitrogens with two attached hydrogens (primary N) is 1. The van der Waals surface area contributed by atoms with Gasteiger partial charge in [-0.25, -0.2) is 4.98 Å². The summed E-state index contributed by atoms with van der Waals surface area (Å²) in [5.41, 5.74) is 15.5. The van der Waals surface area contributed by atoms with E-state index in [0.29, 0.717) is 0 Å². The summed E-state index contributed by atoms with van der Waals surface area (Å²) >= 11 is 0. The molecule has 27 heavy (non-hydrogen) atoms. The molecule has 0 spiro atoms. The molecule has 0 amide bonds. The molecule has 3 heterocycles. The van der Waals surface area contributed by atoms with Gasteiger partial charge in [0.1, 0.15) is 5.65 Å². The minimum atomic E-state index is 0.766. The number of rotatable bonds is 4. The van der Waals surface area contributed by atoms with Gasteiger partial charge in [0, 0.05) is 53.4 Å². The Morgan fingerprint density at radius 2 is 1.63 bits per heavy atom. The molecule has 2 N–H and O–H groups in total. The molecule has 0 aliphatic carbocycles. The van der Waals surface area contributed by atoms with Crippen molar-refractivity contribution in [1.82, 2.24) is 14.5 Å². The maximum absolute atomic E-state index is 6.68. The largest absolute Gasteiger partial charge is 0.398 e. The van der Waals surface area contributed by atoms with Crippen molar-refractivity contribution >= 4 is 16.7 Å². The molecule has 0 saturated heterocycles. The Labute approximate surface area is 159 Å². The van der Waals surface area contributed by atoms with Crippen LogP contribution in [-0.2, 0) is 13.0 Å². The number of fused-ring (bicyclic) bond motifs is 1. The molecule has 0 bridgehead atoms. The van der Waals surface area contributed by atoms with Crippen LogP contribution in [0.15, 0.2) is 54.9 Å². The van der Waals surface area contributed by atoms with E-state index in [-0.39, 0.29) is 0 Å². The smallest absolute Gasteiger partial charge is 0.143 e. The highest BCUT2D eigenvalue weighted by Crippen LogP contribution is 2.34. The number of aromatic nitrogens is 3. The van der Waals surface area contributed by atoms with E-state index in [1.807, 2.05) is 30.6 Å². The van der Waals surface area contributed by atoms with Gasteiger partial charge in [-0.05, 0) is 49.6 Å². The Kier molecular flexibility index (Phi) is 4.40. The van der Waals surface area contributed by atoms with Gasteiger partial charge in [0.25, 0.3) is 0 Å². The summed E-state index contributed by atoms with van der Waals surface area (Å²) in [5, 5.41) is 1.08. The number of benzene rings is 1. The summed E-state index contributed by atoms with van der Waals surface area (Å²) in [5.74, 6) is 0. The van der Waals surface area contributed by atoms with Crippen LogP contribution in [0.5, 0.6) is 0 Å². The number of hydrogen-bond donors (Lipinski definition) is 1. The predicted octanol–water partition coefficient (Wildman–Crippen LogP) is 4.58. The Morgan fingerprint density at radius 3 is 2.33 bits per heavy atom. The molecule has 1 aromatic carbocycles. The van der Waals surface area contributed by atoms with Crippen molar-refractivity contribution in [2.45, 2.75) is 33.7 Å². The first-order chi connectivity index (χ1) is 13.1. The number of nitrogen functional groups attached to an aromatic ring is 1. The van der Waals surface area contributed by atoms with E-state index < -0.39 is 0 Å². The molecule has 4 heteroatoms. The monoisotopic (exact) mass is 356 g/mol. The lowest BCUT2D eigenvalue weighted by Gasteiger charge is -2.13. The summed E-state index contributed by atoms with van der Waals surface area (Å²) in [6.45, 7) is 7.11. The molecule has 136 valence electrons. The summed E-state index contributed by atoms with van der Waals surface area (Å²) in [4.78, 5) is 9.09. The summed E-state index contributed by atoms with van der Waals surface area (Å²) in [7, 11) is 0. The van der Waals surface area contributed by atoms with Gasteiger partial charge in [-0.15, -0.1) is 0 Å². The zero-order chi connectivity index (χ0) is 19.0. The van der Waals surface area contributed by atoms with E-state index in [0.717, 1.165) is 40.9 Å². The Bertz CT molecular complexity index is 1100. The molecule has 0 radical (unpaired) electrons. The molecule has 0 aliphatic heterocycles. The maximum Gasteiger partial charge on any atom is 0.143 e. The lowest BCUT2D eigenvalue weighted by atomic mass is 9.99. The predicted molar refractivity (Wildman–Crippen MR) is 111 cm³/mol. The van der Waals surface area contributed by atoms with Gasteiger partial charge in [0.2, 0.25) is 0 Å². The molecule has 4 rings (SSSR count). The molecule has 3 aromatic heterocycles. The third-order valence-electron chi connectivity index (χ3n) is 5.42. The fraction of sp³-hybridized carbons (Fsp3) is 0.217. The molecule has 0 fully saturated rings. The minimum absolute atomic E-state index is 0.766. The van der Waals surface area contributed by atoms with E-state index in [1.165, 1.54) is 22.4 Å². The molecule has 4 nitrogen and oxygen atoms in total. The van der Waals surface area contributed by atoms with Gasteiger partial charge in [-0.2, -0.15) is 0 Å². The summed E-state index contributed by atoms with van der Waals surface area (Å²) in [6, 6.07) is 14.5. The van der Waals surface area contributed by atoms with Gasteiger partial charge >= 0.3 is 0 Å². The van der Waals surface area contributed by atoms with E-state index in [9.17, 15) is 0 Å². The van der Waals surface area contributed by atoms with Crippen LogP contribution < -0.4 is 5.73 Å². The van der Waals surface area contributed by atoms with Crippen LogP contribution in [0.4, 0.5) is 5.69 Å². The quantitative estimate of drug-likeness (QED) is 0.582. The van der Waals surface area contributed by atoms with Gasteiger partial charge in [-0.1, -0.05) is 30.3 Å². The van der Waals surface area contributed by atoms with Crippen molar-refractivity contribution in [3.63, 3.8) is 0 Å². The van der Waals surface area contributed by atoms with Crippen LogP contribution in [0, 0.1) is 20.8 Å². The fourth-order valence-corrected chi connectivity index (χ4v) is 3.74. The highest BCUT2D eigenvalue weighted by atomic mass is 15.1. The topological polar surface area (TPSA) is 56.7 Å². The van der Waals surface area contributed by atoms with Crippen LogP contribution in [0.3, 0.4) is 0 Å². The maximum atomic E-state index is 6.68. The van der Waals surface area contributed by atoms with Crippen LogP contribution in [0.25, 0.3) is 11.0 Å². The normalized spacial score (nSPS) is 11.2. The molecular weight excluding hydrogens is 332 g/mol. The van der Waals surface area contributed by atoms with Crippen LogP contribution in [0.2, 0.25) is 0 Å². The second kappa shape index (κ2) is 6.88. The summed E-state index contributed by atoms with van der Waals surface area (Å²) in [6.07, 6.45) is 4.46. The second-order valence-corrected chi connectivity index (χ2v) is 7.10. The van der Waals surface area contributed by atoms with Crippen molar-refractivity contribution < 1.29 is 0 Å². The van der Waals surface area contributed by atoms with Crippen molar-refractivity contribution in [3.8, 4) is 0 Å². The third-order valence-corrected chi connectivity index (χ3v) is 5.42. The number of aryl methyl sites for hydroxylation is 2. The Morgan fingerprint density at radius 1 is 0.926 bits per heavy atom. The van der Waals surface area contributed by atoms with E-state index >= 15 is 0 Å². The lowest BCUT2D eigenvalue weighted by molar-refractivity contribution is 0.787. The average molecular weight is 356 g/mol. The fourth-order valence-electron chi connectivity index (χ4n) is 3.74.